The fourth-order valence-corrected chi connectivity index (χ4v) is 2.07. The van der Waals surface area contributed by atoms with E-state index in [9.17, 15) is 8.78 Å². The van der Waals surface area contributed by atoms with E-state index >= 15 is 0 Å². The first-order valence-electron chi connectivity index (χ1n) is 5.48. The number of fused-ring (bicyclic) bond motifs is 1. The van der Waals surface area contributed by atoms with Crippen LogP contribution in [0.5, 0.6) is 0 Å². The molecule has 0 amide bonds. The quantitative estimate of drug-likeness (QED) is 0.838. The van der Waals surface area contributed by atoms with Crippen molar-refractivity contribution in [2.75, 3.05) is 13.7 Å². The third-order valence-corrected chi connectivity index (χ3v) is 3.00. The van der Waals surface area contributed by atoms with Crippen LogP contribution in [0.2, 0.25) is 5.02 Å². The molecule has 0 spiro atoms. The van der Waals surface area contributed by atoms with Crippen molar-refractivity contribution < 1.29 is 13.5 Å². The number of benzene rings is 1. The zero-order valence-electron chi connectivity index (χ0n) is 9.79. The first kappa shape index (κ1) is 13.2. The minimum absolute atomic E-state index is 0.294. The molecule has 1 heterocycles. The van der Waals surface area contributed by atoms with E-state index in [-0.39, 0.29) is 5.69 Å². The van der Waals surface area contributed by atoms with Crippen molar-refractivity contribution in [2.45, 2.75) is 12.8 Å². The van der Waals surface area contributed by atoms with Crippen LogP contribution in [-0.4, -0.2) is 18.7 Å². The number of hydrogen-bond acceptors (Lipinski definition) is 2. The lowest BCUT2D eigenvalue weighted by atomic mass is 10.1. The first-order valence-corrected chi connectivity index (χ1v) is 5.86. The summed E-state index contributed by atoms with van der Waals surface area (Å²) < 4.78 is 30.4. The summed E-state index contributed by atoms with van der Waals surface area (Å²) in [5.74, 6) is 0. The highest BCUT2D eigenvalue weighted by Gasteiger charge is 2.14. The Bertz CT molecular complexity index is 560. The van der Waals surface area contributed by atoms with Gasteiger partial charge in [-0.2, -0.15) is 0 Å². The molecule has 0 fully saturated rings. The average Bonchev–Trinajstić information content (AvgIpc) is 2.36. The van der Waals surface area contributed by atoms with Gasteiger partial charge in [0.1, 0.15) is 5.69 Å². The molecule has 0 bridgehead atoms. The van der Waals surface area contributed by atoms with Crippen LogP contribution in [0.15, 0.2) is 24.3 Å². The van der Waals surface area contributed by atoms with Gasteiger partial charge in [-0.15, -0.1) is 0 Å². The van der Waals surface area contributed by atoms with Crippen molar-refractivity contribution in [2.24, 2.45) is 0 Å². The van der Waals surface area contributed by atoms with E-state index in [0.29, 0.717) is 29.0 Å². The molecule has 5 heteroatoms. The zero-order chi connectivity index (χ0) is 13.1. The van der Waals surface area contributed by atoms with Crippen molar-refractivity contribution in [3.8, 4) is 0 Å². The van der Waals surface area contributed by atoms with Crippen LogP contribution >= 0.6 is 11.6 Å². The Hall–Kier alpha value is -1.26. The van der Waals surface area contributed by atoms with Gasteiger partial charge in [0.15, 0.2) is 0 Å². The summed E-state index contributed by atoms with van der Waals surface area (Å²) in [6, 6.07) is 6.67. The van der Waals surface area contributed by atoms with E-state index in [0.717, 1.165) is 5.56 Å². The van der Waals surface area contributed by atoms with Crippen molar-refractivity contribution >= 4 is 22.5 Å². The van der Waals surface area contributed by atoms with Crippen LogP contribution in [0.4, 0.5) is 8.78 Å². The largest absolute Gasteiger partial charge is 0.384 e. The van der Waals surface area contributed by atoms with Crippen molar-refractivity contribution in [3.05, 3.63) is 40.5 Å². The second-order valence-corrected chi connectivity index (χ2v) is 4.29. The van der Waals surface area contributed by atoms with E-state index in [1.807, 2.05) is 12.1 Å². The maximum atomic E-state index is 12.7. The van der Waals surface area contributed by atoms with Gasteiger partial charge in [-0.25, -0.2) is 13.8 Å². The Labute approximate surface area is 109 Å². The number of rotatable bonds is 4. The van der Waals surface area contributed by atoms with Crippen LogP contribution in [-0.2, 0) is 11.2 Å². The molecule has 0 saturated carbocycles. The summed E-state index contributed by atoms with van der Waals surface area (Å²) in [7, 11) is 1.59. The molecular formula is C13H12ClF2NO. The molecule has 2 aromatic rings. The van der Waals surface area contributed by atoms with Gasteiger partial charge in [0.05, 0.1) is 17.1 Å². The van der Waals surface area contributed by atoms with Gasteiger partial charge < -0.3 is 4.74 Å². The molecule has 0 aliphatic heterocycles. The third kappa shape index (κ3) is 2.60. The zero-order valence-corrected chi connectivity index (χ0v) is 10.5. The molecule has 2 rings (SSSR count). The van der Waals surface area contributed by atoms with Crippen LogP contribution < -0.4 is 0 Å². The second kappa shape index (κ2) is 5.59. The highest BCUT2D eigenvalue weighted by Crippen LogP contribution is 2.29. The normalized spacial score (nSPS) is 11.4. The molecular weight excluding hydrogens is 260 g/mol. The van der Waals surface area contributed by atoms with Crippen molar-refractivity contribution in [1.29, 1.82) is 0 Å². The molecule has 0 atom stereocenters. The number of hydrogen-bond donors (Lipinski definition) is 0. The lowest BCUT2D eigenvalue weighted by molar-refractivity contribution is 0.146. The van der Waals surface area contributed by atoms with Crippen LogP contribution in [0.25, 0.3) is 10.9 Å². The Balaban J connectivity index is 2.58. The molecule has 1 aromatic heterocycles. The summed E-state index contributed by atoms with van der Waals surface area (Å²) >= 11 is 6.01. The monoisotopic (exact) mass is 271 g/mol. The SMILES string of the molecule is COCCc1cccc2c(Cl)cc(C(F)F)nc12. The van der Waals surface area contributed by atoms with E-state index in [1.54, 1.807) is 13.2 Å². The van der Waals surface area contributed by atoms with Gasteiger partial charge in [-0.05, 0) is 18.1 Å². The minimum Gasteiger partial charge on any atom is -0.384 e. The Morgan fingerprint density at radius 3 is 2.83 bits per heavy atom. The lowest BCUT2D eigenvalue weighted by Gasteiger charge is -2.09. The molecule has 0 N–H and O–H groups in total. The van der Waals surface area contributed by atoms with Gasteiger partial charge >= 0.3 is 0 Å². The molecule has 96 valence electrons. The summed E-state index contributed by atoms with van der Waals surface area (Å²) in [6.45, 7) is 0.511. The molecule has 1 aromatic carbocycles. The Kier molecular flexibility index (Phi) is 4.09. The van der Waals surface area contributed by atoms with Gasteiger partial charge in [0.2, 0.25) is 0 Å². The number of halogens is 3. The topological polar surface area (TPSA) is 22.1 Å². The number of pyridine rings is 1. The maximum absolute atomic E-state index is 12.7. The molecule has 2 nitrogen and oxygen atoms in total. The van der Waals surface area contributed by atoms with Gasteiger partial charge in [0, 0.05) is 12.5 Å². The third-order valence-electron chi connectivity index (χ3n) is 2.69. The van der Waals surface area contributed by atoms with Crippen molar-refractivity contribution in [3.63, 3.8) is 0 Å². The number of alkyl halides is 2. The highest BCUT2D eigenvalue weighted by atomic mass is 35.5. The lowest BCUT2D eigenvalue weighted by Crippen LogP contribution is -1.99. The molecule has 18 heavy (non-hydrogen) atoms. The molecule has 0 saturated heterocycles. The van der Waals surface area contributed by atoms with Gasteiger partial charge in [0.25, 0.3) is 6.43 Å². The fraction of sp³-hybridized carbons (Fsp3) is 0.308. The number of ether oxygens (including phenoxy) is 1. The number of nitrogens with zero attached hydrogens (tertiary/aromatic N) is 1. The first-order chi connectivity index (χ1) is 8.63. The maximum Gasteiger partial charge on any atom is 0.280 e. The van der Waals surface area contributed by atoms with Crippen LogP contribution in [0, 0.1) is 0 Å². The Morgan fingerprint density at radius 1 is 1.39 bits per heavy atom. The molecule has 0 radical (unpaired) electrons. The number of methoxy groups -OCH3 is 1. The van der Waals surface area contributed by atoms with Gasteiger partial charge in [-0.3, -0.25) is 0 Å². The smallest absolute Gasteiger partial charge is 0.280 e. The van der Waals surface area contributed by atoms with Crippen molar-refractivity contribution in [1.82, 2.24) is 4.98 Å². The van der Waals surface area contributed by atoms with Crippen LogP contribution in [0.3, 0.4) is 0 Å². The average molecular weight is 272 g/mol. The number of aromatic nitrogens is 1. The van der Waals surface area contributed by atoms with E-state index in [4.69, 9.17) is 16.3 Å². The van der Waals surface area contributed by atoms with Crippen LogP contribution in [0.1, 0.15) is 17.7 Å². The second-order valence-electron chi connectivity index (χ2n) is 3.89. The predicted molar refractivity (Wildman–Crippen MR) is 67.3 cm³/mol. The fourth-order valence-electron chi connectivity index (χ4n) is 1.81. The molecule has 0 unspecified atom stereocenters. The highest BCUT2D eigenvalue weighted by molar-refractivity contribution is 6.35. The summed E-state index contributed by atoms with van der Waals surface area (Å²) in [5.41, 5.74) is 1.09. The molecule has 0 aliphatic rings. The Morgan fingerprint density at radius 2 is 2.17 bits per heavy atom. The van der Waals surface area contributed by atoms with E-state index < -0.39 is 6.43 Å². The molecule has 0 aliphatic carbocycles. The standard InChI is InChI=1S/C13H12ClF2NO/c1-18-6-5-8-3-2-4-9-10(14)7-11(13(15)16)17-12(8)9/h2-4,7,13H,5-6H2,1H3. The minimum atomic E-state index is -2.62. The predicted octanol–water partition coefficient (Wildman–Crippen LogP) is 4.01. The summed E-state index contributed by atoms with van der Waals surface area (Å²) in [6.07, 6.45) is -2.01. The van der Waals surface area contributed by atoms with Gasteiger partial charge in [-0.1, -0.05) is 29.8 Å². The summed E-state index contributed by atoms with van der Waals surface area (Å²) in [5, 5.41) is 0.990. The van der Waals surface area contributed by atoms with E-state index in [1.165, 1.54) is 6.07 Å². The number of para-hydroxylation sites is 1. The van der Waals surface area contributed by atoms with E-state index in [2.05, 4.69) is 4.98 Å². The summed E-state index contributed by atoms with van der Waals surface area (Å²) in [4.78, 5) is 4.00.